The van der Waals surface area contributed by atoms with Gasteiger partial charge in [0.25, 0.3) is 5.91 Å². The molecule has 1 N–H and O–H groups in total. The number of alkyl halides is 2. The van der Waals surface area contributed by atoms with E-state index in [-0.39, 0.29) is 17.6 Å². The van der Waals surface area contributed by atoms with Gasteiger partial charge in [0.2, 0.25) is 5.91 Å². The van der Waals surface area contributed by atoms with Crippen LogP contribution in [-0.4, -0.2) is 30.0 Å². The molecule has 4 rings (SSSR count). The largest absolute Gasteiger partial charge is 0.434 e. The Kier molecular flexibility index (Phi) is 5.71. The van der Waals surface area contributed by atoms with Crippen LogP contribution in [0.2, 0.25) is 0 Å². The molecule has 2 heterocycles. The van der Waals surface area contributed by atoms with E-state index in [0.29, 0.717) is 40.6 Å². The number of halogens is 2. The summed E-state index contributed by atoms with van der Waals surface area (Å²) in [6, 6.07) is 13.2. The van der Waals surface area contributed by atoms with Crippen molar-refractivity contribution in [2.24, 2.45) is 0 Å². The fraction of sp³-hybridized carbons (Fsp3) is 0.190. The van der Waals surface area contributed by atoms with Crippen LogP contribution in [0.1, 0.15) is 23.2 Å². The van der Waals surface area contributed by atoms with Crippen LogP contribution in [0.25, 0.3) is 11.3 Å². The molecule has 0 aliphatic carbocycles. The Morgan fingerprint density at radius 2 is 2.03 bits per heavy atom. The van der Waals surface area contributed by atoms with Crippen LogP contribution in [0, 0.1) is 0 Å². The number of rotatable bonds is 6. The molecule has 30 heavy (non-hydrogen) atoms. The normalized spacial score (nSPS) is 13.7. The molecular formula is C21H17F2N3O3S. The summed E-state index contributed by atoms with van der Waals surface area (Å²) in [6.45, 7) is -2.31. The van der Waals surface area contributed by atoms with Gasteiger partial charge in [0.05, 0.1) is 5.69 Å². The fourth-order valence-corrected chi connectivity index (χ4v) is 3.94. The zero-order valence-corrected chi connectivity index (χ0v) is 16.5. The number of carbonyl (C=O) groups is 2. The summed E-state index contributed by atoms with van der Waals surface area (Å²) in [5, 5.41) is 4.69. The highest BCUT2D eigenvalue weighted by molar-refractivity contribution is 7.14. The lowest BCUT2D eigenvalue weighted by atomic mass is 10.1. The van der Waals surface area contributed by atoms with Crippen LogP contribution < -0.4 is 15.0 Å². The van der Waals surface area contributed by atoms with Crippen molar-refractivity contribution in [3.05, 3.63) is 59.5 Å². The van der Waals surface area contributed by atoms with Crippen molar-refractivity contribution < 1.29 is 23.1 Å². The topological polar surface area (TPSA) is 71.5 Å². The summed E-state index contributed by atoms with van der Waals surface area (Å²) in [6.07, 6.45) is 1.31. The Morgan fingerprint density at radius 3 is 2.80 bits per heavy atom. The zero-order valence-electron chi connectivity index (χ0n) is 15.7. The molecule has 3 aromatic rings. The van der Waals surface area contributed by atoms with Crippen molar-refractivity contribution in [3.63, 3.8) is 0 Å². The second-order valence-electron chi connectivity index (χ2n) is 6.57. The molecule has 2 aromatic carbocycles. The zero-order chi connectivity index (χ0) is 21.1. The Morgan fingerprint density at radius 1 is 1.20 bits per heavy atom. The molecule has 1 aromatic heterocycles. The number of nitrogens with one attached hydrogen (secondary N) is 1. The van der Waals surface area contributed by atoms with Crippen molar-refractivity contribution in [2.45, 2.75) is 19.5 Å². The first-order valence-electron chi connectivity index (χ1n) is 9.23. The minimum Gasteiger partial charge on any atom is -0.434 e. The average molecular weight is 429 g/mol. The lowest BCUT2D eigenvalue weighted by molar-refractivity contribution is -0.117. The average Bonchev–Trinajstić information content (AvgIpc) is 3.37. The fourth-order valence-electron chi connectivity index (χ4n) is 3.24. The maximum atomic E-state index is 12.6. The van der Waals surface area contributed by atoms with Gasteiger partial charge >= 0.3 is 6.61 Å². The van der Waals surface area contributed by atoms with Gasteiger partial charge in [-0.15, -0.1) is 11.3 Å². The van der Waals surface area contributed by atoms with E-state index in [0.717, 1.165) is 6.42 Å². The van der Waals surface area contributed by atoms with Gasteiger partial charge in [0, 0.05) is 35.2 Å². The van der Waals surface area contributed by atoms with Gasteiger partial charge in [-0.05, 0) is 36.8 Å². The first-order chi connectivity index (χ1) is 14.5. The monoisotopic (exact) mass is 429 g/mol. The van der Waals surface area contributed by atoms with Gasteiger partial charge in [-0.3, -0.25) is 14.9 Å². The van der Waals surface area contributed by atoms with Crippen LogP contribution in [0.15, 0.2) is 53.9 Å². The molecule has 1 saturated heterocycles. The van der Waals surface area contributed by atoms with E-state index in [4.69, 9.17) is 0 Å². The molecule has 1 aliphatic rings. The molecule has 0 saturated carbocycles. The van der Waals surface area contributed by atoms with Gasteiger partial charge in [-0.1, -0.05) is 18.2 Å². The summed E-state index contributed by atoms with van der Waals surface area (Å²) in [5.74, 6) is -0.318. The molecule has 0 atom stereocenters. The predicted octanol–water partition coefficient (Wildman–Crippen LogP) is 4.79. The summed E-state index contributed by atoms with van der Waals surface area (Å²) in [5.41, 5.74) is 1.90. The Balaban J connectivity index is 1.51. The third kappa shape index (κ3) is 4.30. The van der Waals surface area contributed by atoms with Crippen LogP contribution in [-0.2, 0) is 4.79 Å². The minimum absolute atomic E-state index is 0.0126. The van der Waals surface area contributed by atoms with Crippen molar-refractivity contribution in [1.82, 2.24) is 4.98 Å². The number of aromatic nitrogens is 1. The van der Waals surface area contributed by atoms with Crippen molar-refractivity contribution in [3.8, 4) is 17.0 Å². The predicted molar refractivity (Wildman–Crippen MR) is 110 cm³/mol. The number of hydrogen-bond acceptors (Lipinski definition) is 5. The van der Waals surface area contributed by atoms with Crippen LogP contribution >= 0.6 is 11.3 Å². The van der Waals surface area contributed by atoms with Crippen molar-refractivity contribution in [2.75, 3.05) is 16.8 Å². The lowest BCUT2D eigenvalue weighted by Gasteiger charge is -2.16. The van der Waals surface area contributed by atoms with E-state index in [1.54, 1.807) is 52.7 Å². The Bertz CT molecular complexity index is 1090. The van der Waals surface area contributed by atoms with Crippen LogP contribution in [0.3, 0.4) is 0 Å². The van der Waals surface area contributed by atoms with E-state index in [9.17, 15) is 18.4 Å². The van der Waals surface area contributed by atoms with E-state index in [1.807, 2.05) is 0 Å². The summed E-state index contributed by atoms with van der Waals surface area (Å²) >= 11 is 1.17. The number of nitrogens with zero attached hydrogens (tertiary/aromatic N) is 2. The smallest absolute Gasteiger partial charge is 0.387 e. The molecule has 0 bridgehead atoms. The molecule has 1 fully saturated rings. The molecule has 9 heteroatoms. The quantitative estimate of drug-likeness (QED) is 0.612. The van der Waals surface area contributed by atoms with Crippen LogP contribution in [0.5, 0.6) is 5.75 Å². The van der Waals surface area contributed by atoms with Crippen molar-refractivity contribution in [1.29, 1.82) is 0 Å². The molecular weight excluding hydrogens is 412 g/mol. The van der Waals surface area contributed by atoms with E-state index < -0.39 is 6.61 Å². The molecule has 0 spiro atoms. The molecule has 0 unspecified atom stereocenters. The number of hydrogen-bond donors (Lipinski definition) is 1. The highest BCUT2D eigenvalue weighted by Gasteiger charge is 2.22. The van der Waals surface area contributed by atoms with Gasteiger partial charge < -0.3 is 9.64 Å². The summed E-state index contributed by atoms with van der Waals surface area (Å²) in [4.78, 5) is 30.6. The first kappa shape index (κ1) is 20.0. The maximum absolute atomic E-state index is 12.6. The highest BCUT2D eigenvalue weighted by Crippen LogP contribution is 2.33. The number of thiazole rings is 1. The Labute approximate surface area is 175 Å². The van der Waals surface area contributed by atoms with E-state index in [1.165, 1.54) is 17.4 Å². The van der Waals surface area contributed by atoms with E-state index >= 15 is 0 Å². The summed E-state index contributed by atoms with van der Waals surface area (Å²) < 4.78 is 29.8. The molecule has 2 amide bonds. The third-order valence-electron chi connectivity index (χ3n) is 4.60. The minimum atomic E-state index is -2.95. The lowest BCUT2D eigenvalue weighted by Crippen LogP contribution is -2.24. The number of amides is 2. The second-order valence-corrected chi connectivity index (χ2v) is 7.42. The number of benzene rings is 2. The van der Waals surface area contributed by atoms with Crippen LogP contribution in [0.4, 0.5) is 19.6 Å². The molecule has 154 valence electrons. The molecule has 1 aliphatic heterocycles. The number of para-hydroxylation sites is 1. The number of carbonyl (C=O) groups excluding carboxylic acids is 2. The van der Waals surface area contributed by atoms with Crippen molar-refractivity contribution >= 4 is 34.0 Å². The SMILES string of the molecule is O=C(Nc1nc(-c2ccccc2OC(F)F)cs1)c1cccc(N2CCCC2=O)c1. The maximum Gasteiger partial charge on any atom is 0.387 e. The van der Waals surface area contributed by atoms with Gasteiger partial charge in [0.15, 0.2) is 5.13 Å². The van der Waals surface area contributed by atoms with Gasteiger partial charge in [-0.25, -0.2) is 4.98 Å². The molecule has 0 radical (unpaired) electrons. The van der Waals surface area contributed by atoms with Gasteiger partial charge in [-0.2, -0.15) is 8.78 Å². The number of anilines is 2. The summed E-state index contributed by atoms with van der Waals surface area (Å²) in [7, 11) is 0. The molecule has 6 nitrogen and oxygen atoms in total. The Hall–Kier alpha value is -3.33. The second kappa shape index (κ2) is 8.58. The third-order valence-corrected chi connectivity index (χ3v) is 5.35. The standard InChI is InChI=1S/C21H17F2N3O3S/c22-20(23)29-17-8-2-1-7-15(17)16-12-30-21(24-16)25-19(28)13-5-3-6-14(11-13)26-10-4-9-18(26)27/h1-3,5-8,11-12,20H,4,9-10H2,(H,24,25,28). The number of ether oxygens (including phenoxy) is 1. The highest BCUT2D eigenvalue weighted by atomic mass is 32.1. The van der Waals surface area contributed by atoms with E-state index in [2.05, 4.69) is 15.0 Å². The van der Waals surface area contributed by atoms with Gasteiger partial charge in [0.1, 0.15) is 5.75 Å². The first-order valence-corrected chi connectivity index (χ1v) is 10.1.